The first-order chi connectivity index (χ1) is 13.9. The lowest BCUT2D eigenvalue weighted by Gasteiger charge is -2.11. The van der Waals surface area contributed by atoms with Crippen LogP contribution in [0.2, 0.25) is 10.0 Å². The summed E-state index contributed by atoms with van der Waals surface area (Å²) in [5, 5.41) is 8.50. The van der Waals surface area contributed by atoms with Crippen LogP contribution in [0.1, 0.15) is 12.6 Å². The number of hydrogen-bond donors (Lipinski definition) is 1. The molecule has 0 fully saturated rings. The van der Waals surface area contributed by atoms with Crippen LogP contribution in [-0.4, -0.2) is 28.3 Å². The molecule has 3 rings (SSSR count). The van der Waals surface area contributed by atoms with Crippen LogP contribution in [0.25, 0.3) is 10.8 Å². The second-order valence-electron chi connectivity index (χ2n) is 6.14. The summed E-state index contributed by atoms with van der Waals surface area (Å²) in [6, 6.07) is 11.4. The molecule has 0 aliphatic heterocycles. The zero-order chi connectivity index (χ0) is 21.0. The first-order valence-corrected chi connectivity index (χ1v) is 9.53. The molecule has 150 valence electrons. The van der Waals surface area contributed by atoms with Gasteiger partial charge in [-0.1, -0.05) is 41.4 Å². The average molecular weight is 434 g/mol. The van der Waals surface area contributed by atoms with Crippen molar-refractivity contribution in [2.45, 2.75) is 19.9 Å². The van der Waals surface area contributed by atoms with Gasteiger partial charge in [0.25, 0.3) is 5.56 Å². The summed E-state index contributed by atoms with van der Waals surface area (Å²) < 4.78 is 6.00. The molecule has 7 nitrogen and oxygen atoms in total. The number of carbonyl (C=O) groups is 2. The summed E-state index contributed by atoms with van der Waals surface area (Å²) in [4.78, 5) is 37.1. The molecule has 0 atom stereocenters. The molecule has 29 heavy (non-hydrogen) atoms. The maximum atomic E-state index is 12.8. The van der Waals surface area contributed by atoms with Gasteiger partial charge in [0.05, 0.1) is 24.1 Å². The van der Waals surface area contributed by atoms with Gasteiger partial charge in [-0.2, -0.15) is 5.10 Å². The normalized spacial score (nSPS) is 10.7. The number of aromatic nitrogens is 2. The molecule has 0 unspecified atom stereocenters. The van der Waals surface area contributed by atoms with E-state index in [4.69, 9.17) is 27.9 Å². The summed E-state index contributed by atoms with van der Waals surface area (Å²) >= 11 is 11.9. The van der Waals surface area contributed by atoms with Gasteiger partial charge in [0.2, 0.25) is 5.91 Å². The molecule has 0 bridgehead atoms. The number of benzene rings is 2. The van der Waals surface area contributed by atoms with Gasteiger partial charge in [-0.05, 0) is 31.2 Å². The Morgan fingerprint density at radius 1 is 1.10 bits per heavy atom. The van der Waals surface area contributed by atoms with Gasteiger partial charge >= 0.3 is 5.97 Å². The molecule has 0 aliphatic carbocycles. The predicted molar refractivity (Wildman–Crippen MR) is 111 cm³/mol. The SMILES string of the molecule is CCOC(=O)Cc1nn(CC(=O)Nc2cc(Cl)cc(Cl)c2)c(=O)c2ccccc12. The van der Waals surface area contributed by atoms with E-state index in [1.807, 2.05) is 0 Å². The van der Waals surface area contributed by atoms with E-state index in [-0.39, 0.29) is 19.6 Å². The number of rotatable bonds is 6. The van der Waals surface area contributed by atoms with Crippen molar-refractivity contribution in [1.29, 1.82) is 0 Å². The van der Waals surface area contributed by atoms with Crippen molar-refractivity contribution in [1.82, 2.24) is 9.78 Å². The Morgan fingerprint density at radius 3 is 2.41 bits per heavy atom. The minimum absolute atomic E-state index is 0.111. The van der Waals surface area contributed by atoms with Crippen molar-refractivity contribution >= 4 is 51.5 Å². The highest BCUT2D eigenvalue weighted by Gasteiger charge is 2.16. The fourth-order valence-electron chi connectivity index (χ4n) is 2.85. The van der Waals surface area contributed by atoms with Crippen molar-refractivity contribution < 1.29 is 14.3 Å². The van der Waals surface area contributed by atoms with Crippen LogP contribution in [0, 0.1) is 0 Å². The fraction of sp³-hybridized carbons (Fsp3) is 0.200. The molecule has 2 aromatic carbocycles. The zero-order valence-electron chi connectivity index (χ0n) is 15.4. The number of anilines is 1. The first-order valence-electron chi connectivity index (χ1n) is 8.77. The van der Waals surface area contributed by atoms with Crippen molar-refractivity contribution in [2.75, 3.05) is 11.9 Å². The van der Waals surface area contributed by atoms with Crippen LogP contribution >= 0.6 is 23.2 Å². The fourth-order valence-corrected chi connectivity index (χ4v) is 3.38. The molecular formula is C20H17Cl2N3O4. The molecule has 0 saturated heterocycles. The Balaban J connectivity index is 1.92. The topological polar surface area (TPSA) is 90.3 Å². The highest BCUT2D eigenvalue weighted by molar-refractivity contribution is 6.35. The maximum Gasteiger partial charge on any atom is 0.311 e. The molecule has 3 aromatic rings. The van der Waals surface area contributed by atoms with Crippen molar-refractivity contribution in [2.24, 2.45) is 0 Å². The minimum Gasteiger partial charge on any atom is -0.466 e. The van der Waals surface area contributed by atoms with E-state index in [2.05, 4.69) is 10.4 Å². The van der Waals surface area contributed by atoms with Crippen molar-refractivity contribution in [3.63, 3.8) is 0 Å². The molecule has 1 amide bonds. The van der Waals surface area contributed by atoms with E-state index in [9.17, 15) is 14.4 Å². The van der Waals surface area contributed by atoms with Gasteiger partial charge in [-0.15, -0.1) is 0 Å². The van der Waals surface area contributed by atoms with E-state index in [1.54, 1.807) is 31.2 Å². The van der Waals surface area contributed by atoms with Crippen molar-refractivity contribution in [3.05, 3.63) is 68.6 Å². The van der Waals surface area contributed by atoms with E-state index in [0.29, 0.717) is 32.2 Å². The van der Waals surface area contributed by atoms with Gasteiger partial charge in [0.15, 0.2) is 0 Å². The molecule has 9 heteroatoms. The van der Waals surface area contributed by atoms with Crippen LogP contribution in [0.3, 0.4) is 0 Å². The van der Waals surface area contributed by atoms with Crippen LogP contribution < -0.4 is 10.9 Å². The van der Waals surface area contributed by atoms with Gasteiger partial charge in [0.1, 0.15) is 6.54 Å². The molecular weight excluding hydrogens is 417 g/mol. The number of hydrogen-bond acceptors (Lipinski definition) is 5. The smallest absolute Gasteiger partial charge is 0.311 e. The van der Waals surface area contributed by atoms with Gasteiger partial charge < -0.3 is 10.1 Å². The minimum atomic E-state index is -0.490. The highest BCUT2D eigenvalue weighted by atomic mass is 35.5. The third-order valence-corrected chi connectivity index (χ3v) is 4.44. The third kappa shape index (κ3) is 5.13. The molecule has 0 radical (unpaired) electrons. The maximum absolute atomic E-state index is 12.8. The molecule has 0 saturated carbocycles. The molecule has 1 heterocycles. The quantitative estimate of drug-likeness (QED) is 0.601. The van der Waals surface area contributed by atoms with Crippen molar-refractivity contribution in [3.8, 4) is 0 Å². The van der Waals surface area contributed by atoms with Crippen LogP contribution in [0.4, 0.5) is 5.69 Å². The number of ether oxygens (including phenoxy) is 1. The lowest BCUT2D eigenvalue weighted by molar-refractivity contribution is -0.142. The Morgan fingerprint density at radius 2 is 1.76 bits per heavy atom. The summed E-state index contributed by atoms with van der Waals surface area (Å²) in [6.45, 7) is 1.60. The summed E-state index contributed by atoms with van der Waals surface area (Å²) in [6.07, 6.45) is -0.111. The number of esters is 1. The monoisotopic (exact) mass is 433 g/mol. The summed E-state index contributed by atoms with van der Waals surface area (Å²) in [7, 11) is 0. The molecule has 1 aromatic heterocycles. The Labute approximate surface area is 176 Å². The van der Waals surface area contributed by atoms with E-state index in [0.717, 1.165) is 4.68 Å². The van der Waals surface area contributed by atoms with Gasteiger partial charge in [-0.25, -0.2) is 4.68 Å². The number of amides is 1. The van der Waals surface area contributed by atoms with Crippen LogP contribution in [-0.2, 0) is 27.3 Å². The van der Waals surface area contributed by atoms with E-state index in [1.165, 1.54) is 18.2 Å². The number of halogens is 2. The Bertz CT molecular complexity index is 1120. The number of nitrogens with zero attached hydrogens (tertiary/aromatic N) is 2. The number of nitrogens with one attached hydrogen (secondary N) is 1. The standard InChI is InChI=1S/C20H17Cl2N3O4/c1-2-29-19(27)10-17-15-5-3-4-6-16(15)20(28)25(24-17)11-18(26)23-14-8-12(21)7-13(22)9-14/h3-9H,2,10-11H2,1H3,(H,23,26). The third-order valence-electron chi connectivity index (χ3n) is 4.00. The Hall–Kier alpha value is -2.90. The largest absolute Gasteiger partial charge is 0.466 e. The highest BCUT2D eigenvalue weighted by Crippen LogP contribution is 2.22. The van der Waals surface area contributed by atoms with Crippen LogP contribution in [0.5, 0.6) is 0 Å². The number of carbonyl (C=O) groups excluding carboxylic acids is 2. The van der Waals surface area contributed by atoms with Gasteiger partial charge in [-0.3, -0.25) is 14.4 Å². The van der Waals surface area contributed by atoms with Gasteiger partial charge in [0, 0.05) is 21.1 Å². The predicted octanol–water partition coefficient (Wildman–Crippen LogP) is 3.45. The lowest BCUT2D eigenvalue weighted by atomic mass is 10.1. The summed E-state index contributed by atoms with van der Waals surface area (Å²) in [5.74, 6) is -0.955. The second kappa shape index (κ2) is 9.07. The van der Waals surface area contributed by atoms with E-state index < -0.39 is 17.4 Å². The Kier molecular flexibility index (Phi) is 6.51. The molecule has 0 spiro atoms. The average Bonchev–Trinajstić information content (AvgIpc) is 2.65. The van der Waals surface area contributed by atoms with Crippen LogP contribution in [0.15, 0.2) is 47.3 Å². The second-order valence-corrected chi connectivity index (χ2v) is 7.02. The zero-order valence-corrected chi connectivity index (χ0v) is 17.0. The number of fused-ring (bicyclic) bond motifs is 1. The molecule has 1 N–H and O–H groups in total. The lowest BCUT2D eigenvalue weighted by Crippen LogP contribution is -2.31. The molecule has 0 aliphatic rings. The first kappa shape index (κ1) is 20.8. The van der Waals surface area contributed by atoms with E-state index >= 15 is 0 Å². The summed E-state index contributed by atoms with van der Waals surface area (Å²) in [5.41, 5.74) is 0.317.